The zero-order valence-corrected chi connectivity index (χ0v) is 36.0. The van der Waals surface area contributed by atoms with Gasteiger partial charge in [-0.2, -0.15) is 13.0 Å². The summed E-state index contributed by atoms with van der Waals surface area (Å²) >= 11 is 0. The largest absolute Gasteiger partial charge is 0.481 e. The van der Waals surface area contributed by atoms with E-state index >= 15 is 0 Å². The Morgan fingerprint density at radius 1 is 0.833 bits per heavy atom. The van der Waals surface area contributed by atoms with E-state index in [4.69, 9.17) is 5.11 Å². The van der Waals surface area contributed by atoms with Crippen molar-refractivity contribution in [1.82, 2.24) is 5.32 Å². The van der Waals surface area contributed by atoms with E-state index in [1.807, 2.05) is 24.3 Å². The monoisotopic (exact) mass is 839 g/mol. The first-order chi connectivity index (χ1) is 28.5. The van der Waals surface area contributed by atoms with E-state index in [2.05, 4.69) is 72.8 Å². The van der Waals surface area contributed by atoms with Crippen LogP contribution in [0.2, 0.25) is 0 Å². The van der Waals surface area contributed by atoms with E-state index in [9.17, 15) is 32.7 Å². The van der Waals surface area contributed by atoms with Crippen molar-refractivity contribution in [2.75, 3.05) is 24.5 Å². The number of carboxylic acid groups (broad SMARTS) is 1. The van der Waals surface area contributed by atoms with Crippen molar-refractivity contribution >= 4 is 44.6 Å². The lowest BCUT2D eigenvalue weighted by atomic mass is 9.81. The van der Waals surface area contributed by atoms with E-state index in [0.717, 1.165) is 61.2 Å². The highest BCUT2D eigenvalue weighted by molar-refractivity contribution is 7.85. The summed E-state index contributed by atoms with van der Waals surface area (Å²) < 4.78 is 36.5. The van der Waals surface area contributed by atoms with Crippen LogP contribution in [0.1, 0.15) is 109 Å². The lowest BCUT2D eigenvalue weighted by Gasteiger charge is -2.27. The number of allylic oxidation sites excluding steroid dienone is 6. The predicted molar refractivity (Wildman–Crippen MR) is 236 cm³/mol. The highest BCUT2D eigenvalue weighted by Gasteiger charge is 2.44. The van der Waals surface area contributed by atoms with Gasteiger partial charge in [-0.05, 0) is 87.9 Å². The molecule has 0 atom stereocenters. The SMILES string of the molecule is CC1(C)C(/C=C/C=C/C=C2/N(CCCCCC(=O)CCCNCc3ccc([N+](=O)[O-])cc3)c3ccc(S(=O)(=O)O)cc3C2(C)C)=[N+](CCCCCC(=O)O)c2ccccc21. The molecular formula is C47H59N4O8S+. The number of fused-ring (bicyclic) bond motifs is 2. The van der Waals surface area contributed by atoms with Gasteiger partial charge < -0.3 is 15.3 Å². The van der Waals surface area contributed by atoms with E-state index in [1.165, 1.54) is 35.2 Å². The highest BCUT2D eigenvalue weighted by atomic mass is 32.2. The van der Waals surface area contributed by atoms with Crippen LogP contribution < -0.4 is 10.2 Å². The van der Waals surface area contributed by atoms with Crippen LogP contribution in [0, 0.1) is 10.1 Å². The van der Waals surface area contributed by atoms with Crippen LogP contribution in [-0.2, 0) is 37.1 Å². The van der Waals surface area contributed by atoms with Gasteiger partial charge in [0.15, 0.2) is 5.71 Å². The number of hydrogen-bond donors (Lipinski definition) is 3. The van der Waals surface area contributed by atoms with Crippen molar-refractivity contribution in [3.8, 4) is 0 Å². The molecule has 12 nitrogen and oxygen atoms in total. The molecule has 2 aliphatic heterocycles. The highest BCUT2D eigenvalue weighted by Crippen LogP contribution is 2.48. The number of nitrogens with zero attached hydrogens (tertiary/aromatic N) is 3. The second kappa shape index (κ2) is 20.3. The number of non-ortho nitro benzene ring substituents is 1. The van der Waals surface area contributed by atoms with Gasteiger partial charge in [-0.3, -0.25) is 24.3 Å². The van der Waals surface area contributed by atoms with E-state index in [1.54, 1.807) is 24.3 Å². The predicted octanol–water partition coefficient (Wildman–Crippen LogP) is 9.36. The Morgan fingerprint density at radius 2 is 1.53 bits per heavy atom. The standard InChI is InChI=1S/C47H58N4O8S/c1-46(2)39-19-12-13-20-41(39)49(31-15-7-11-23-45(53)54)43(46)21-9-5-10-22-44-47(3,4)40-33-38(60(57,58)59)28-29-42(40)50(44)32-14-6-8-17-37(52)18-16-30-48-34-35-24-26-36(27-25-35)51(55)56/h5,9-10,12-13,19-22,24-29,33,48H,6-8,11,14-18,23,30-32,34H2,1-4H3,(H-,53,54,57,58,59)/p+1. The first-order valence-corrected chi connectivity index (χ1v) is 22.3. The molecule has 3 N–H and O–H groups in total. The van der Waals surface area contributed by atoms with Crippen LogP contribution in [0.4, 0.5) is 17.1 Å². The number of anilines is 1. The normalized spacial score (nSPS) is 16.3. The molecule has 60 heavy (non-hydrogen) atoms. The number of carbonyl (C=O) groups excluding carboxylic acids is 1. The molecule has 13 heteroatoms. The third kappa shape index (κ3) is 11.5. The van der Waals surface area contributed by atoms with Crippen LogP contribution in [0.15, 0.2) is 108 Å². The average Bonchev–Trinajstić information content (AvgIpc) is 3.54. The van der Waals surface area contributed by atoms with Crippen LogP contribution >= 0.6 is 0 Å². The minimum Gasteiger partial charge on any atom is -0.481 e. The number of carboxylic acids is 1. The number of hydrogen-bond acceptors (Lipinski definition) is 8. The summed E-state index contributed by atoms with van der Waals surface area (Å²) in [7, 11) is -4.40. The number of ketones is 1. The lowest BCUT2D eigenvalue weighted by molar-refractivity contribution is -0.438. The number of nitro groups is 1. The second-order valence-electron chi connectivity index (χ2n) is 16.7. The minimum atomic E-state index is -4.40. The summed E-state index contributed by atoms with van der Waals surface area (Å²) in [5.74, 6) is -0.546. The van der Waals surface area contributed by atoms with Gasteiger partial charge in [-0.15, -0.1) is 0 Å². The number of nitrogens with one attached hydrogen (secondary N) is 1. The molecule has 0 aromatic heterocycles. The third-order valence-electron chi connectivity index (χ3n) is 11.6. The van der Waals surface area contributed by atoms with Crippen molar-refractivity contribution in [1.29, 1.82) is 0 Å². The fraction of sp³-hybridized carbons (Fsp3) is 0.426. The molecule has 0 radical (unpaired) electrons. The maximum absolute atomic E-state index is 12.7. The summed E-state index contributed by atoms with van der Waals surface area (Å²) in [5.41, 5.74) is 6.51. The van der Waals surface area contributed by atoms with Crippen molar-refractivity contribution < 1.29 is 37.2 Å². The van der Waals surface area contributed by atoms with Crippen molar-refractivity contribution in [2.24, 2.45) is 0 Å². The fourth-order valence-electron chi connectivity index (χ4n) is 8.29. The fourth-order valence-corrected chi connectivity index (χ4v) is 8.80. The zero-order chi connectivity index (χ0) is 43.5. The molecule has 0 aliphatic carbocycles. The molecule has 2 heterocycles. The zero-order valence-electron chi connectivity index (χ0n) is 35.2. The first-order valence-electron chi connectivity index (χ1n) is 20.9. The molecule has 0 saturated carbocycles. The van der Waals surface area contributed by atoms with Gasteiger partial charge >= 0.3 is 5.97 Å². The van der Waals surface area contributed by atoms with E-state index in [-0.39, 0.29) is 28.2 Å². The number of aliphatic carboxylic acids is 1. The number of para-hydroxylation sites is 1. The molecular weight excluding hydrogens is 781 g/mol. The van der Waals surface area contributed by atoms with Gasteiger partial charge in [0.1, 0.15) is 12.3 Å². The molecule has 0 unspecified atom stereocenters. The molecule has 3 aromatic carbocycles. The van der Waals surface area contributed by atoms with Crippen LogP contribution in [0.5, 0.6) is 0 Å². The van der Waals surface area contributed by atoms with Crippen LogP contribution in [-0.4, -0.2) is 64.7 Å². The topological polar surface area (TPSA) is 170 Å². The molecule has 3 aromatic rings. The summed E-state index contributed by atoms with van der Waals surface area (Å²) in [6, 6.07) is 19.6. The maximum atomic E-state index is 12.7. The van der Waals surface area contributed by atoms with E-state index in [0.29, 0.717) is 45.3 Å². The third-order valence-corrected chi connectivity index (χ3v) is 12.4. The second-order valence-corrected chi connectivity index (χ2v) is 18.1. The molecule has 0 bridgehead atoms. The lowest BCUT2D eigenvalue weighted by Crippen LogP contribution is -2.27. The van der Waals surface area contributed by atoms with Gasteiger partial charge in [0, 0.05) is 85.4 Å². The Balaban J connectivity index is 1.21. The summed E-state index contributed by atoms with van der Waals surface area (Å²) in [4.78, 5) is 36.2. The molecule has 2 aliphatic rings. The maximum Gasteiger partial charge on any atom is 0.303 e. The summed E-state index contributed by atoms with van der Waals surface area (Å²) in [5, 5.41) is 23.2. The van der Waals surface area contributed by atoms with Gasteiger partial charge in [-0.25, -0.2) is 0 Å². The van der Waals surface area contributed by atoms with Crippen LogP contribution in [0.3, 0.4) is 0 Å². The molecule has 0 fully saturated rings. The van der Waals surface area contributed by atoms with Crippen molar-refractivity contribution in [2.45, 2.75) is 114 Å². The van der Waals surface area contributed by atoms with Gasteiger partial charge in [0.25, 0.3) is 15.8 Å². The quantitative estimate of drug-likeness (QED) is 0.0209. The van der Waals surface area contributed by atoms with Crippen molar-refractivity contribution in [3.63, 3.8) is 0 Å². The average molecular weight is 840 g/mol. The molecule has 320 valence electrons. The number of carbonyl (C=O) groups is 2. The summed E-state index contributed by atoms with van der Waals surface area (Å²) in [6.07, 6.45) is 16.9. The molecule has 5 rings (SSSR count). The summed E-state index contributed by atoms with van der Waals surface area (Å²) in [6.45, 7) is 11.3. The Hall–Kier alpha value is -5.24. The number of unbranched alkanes of at least 4 members (excludes halogenated alkanes) is 4. The molecule has 0 saturated heterocycles. The number of nitro benzene ring substituents is 1. The van der Waals surface area contributed by atoms with Gasteiger partial charge in [-0.1, -0.05) is 68.8 Å². The van der Waals surface area contributed by atoms with Gasteiger partial charge in [0.05, 0.1) is 15.2 Å². The molecule has 0 spiro atoms. The Bertz CT molecular complexity index is 2270. The van der Waals surface area contributed by atoms with Crippen LogP contribution in [0.25, 0.3) is 0 Å². The van der Waals surface area contributed by atoms with E-state index < -0.39 is 26.4 Å². The Morgan fingerprint density at radius 3 is 2.25 bits per heavy atom. The smallest absolute Gasteiger partial charge is 0.303 e. The minimum absolute atomic E-state index is 0.0600. The number of benzene rings is 3. The number of rotatable bonds is 23. The Kier molecular flexibility index (Phi) is 15.5. The van der Waals surface area contributed by atoms with Crippen molar-refractivity contribution in [3.05, 3.63) is 130 Å². The number of Topliss-reactive ketones (excluding diaryl/α,β-unsaturated/α-hetero) is 1. The van der Waals surface area contributed by atoms with Gasteiger partial charge in [0.2, 0.25) is 5.69 Å². The first kappa shape index (κ1) is 45.8. The Labute approximate surface area is 354 Å². The molecule has 0 amide bonds.